The highest BCUT2D eigenvalue weighted by atomic mass is 32.1. The van der Waals surface area contributed by atoms with Crippen molar-refractivity contribution in [3.63, 3.8) is 0 Å². The van der Waals surface area contributed by atoms with Crippen LogP contribution in [0, 0.1) is 5.92 Å². The summed E-state index contributed by atoms with van der Waals surface area (Å²) in [6.45, 7) is 4.78. The lowest BCUT2D eigenvalue weighted by molar-refractivity contribution is -0.148. The molecule has 0 aliphatic carbocycles. The van der Waals surface area contributed by atoms with Gasteiger partial charge in [0.15, 0.2) is 0 Å². The number of carboxylic acid groups (broad SMARTS) is 2. The van der Waals surface area contributed by atoms with Crippen LogP contribution in [0.25, 0.3) is 0 Å². The number of nitrogens with two attached hydrogens (primary N) is 1. The second-order valence-electron chi connectivity index (χ2n) is 7.20. The molecule has 13 heteroatoms. The van der Waals surface area contributed by atoms with E-state index in [4.69, 9.17) is 15.9 Å². The fourth-order valence-electron chi connectivity index (χ4n) is 2.36. The van der Waals surface area contributed by atoms with Crippen LogP contribution in [0.4, 0.5) is 0 Å². The van der Waals surface area contributed by atoms with Crippen LogP contribution in [0.5, 0.6) is 0 Å². The normalized spacial score (nSPS) is 16.0. The average Bonchev–Trinajstić information content (AvgIpc) is 2.62. The minimum Gasteiger partial charge on any atom is -0.481 e. The van der Waals surface area contributed by atoms with Gasteiger partial charge >= 0.3 is 11.9 Å². The Morgan fingerprint density at radius 1 is 0.900 bits per heavy atom. The van der Waals surface area contributed by atoms with Gasteiger partial charge in [-0.05, 0) is 19.3 Å². The molecule has 172 valence electrons. The summed E-state index contributed by atoms with van der Waals surface area (Å²) < 4.78 is 0. The largest absolute Gasteiger partial charge is 0.481 e. The Morgan fingerprint density at radius 3 is 1.83 bits per heavy atom. The van der Waals surface area contributed by atoms with Gasteiger partial charge in [-0.1, -0.05) is 13.8 Å². The molecule has 0 aliphatic rings. The first-order valence-corrected chi connectivity index (χ1v) is 9.83. The zero-order chi connectivity index (χ0) is 23.6. The molecule has 30 heavy (non-hydrogen) atoms. The van der Waals surface area contributed by atoms with Crippen molar-refractivity contribution in [2.75, 3.05) is 5.75 Å². The molecule has 0 bridgehead atoms. The molecule has 0 heterocycles. The van der Waals surface area contributed by atoms with Crippen LogP contribution in [-0.4, -0.2) is 81.0 Å². The van der Waals surface area contributed by atoms with E-state index in [9.17, 15) is 29.1 Å². The van der Waals surface area contributed by atoms with Gasteiger partial charge in [-0.2, -0.15) is 12.6 Å². The second-order valence-corrected chi connectivity index (χ2v) is 7.57. The van der Waals surface area contributed by atoms with Gasteiger partial charge in [0.1, 0.15) is 18.1 Å². The predicted octanol–water partition coefficient (Wildman–Crippen LogP) is -2.32. The van der Waals surface area contributed by atoms with E-state index >= 15 is 0 Å². The van der Waals surface area contributed by atoms with Crippen LogP contribution in [-0.2, 0) is 24.0 Å². The number of hydrogen-bond donors (Lipinski definition) is 8. The number of amides is 3. The molecule has 8 N–H and O–H groups in total. The molecule has 0 rings (SSSR count). The van der Waals surface area contributed by atoms with E-state index in [-0.39, 0.29) is 18.1 Å². The standard InChI is InChI=1S/C17H30N4O8S/c1-7(2)4-10(19-14(25)9(18)6-30)15(26)21-13(8(3)22)16(27)20-11(17(28)29)5-12(23)24/h7-11,13,22,30H,4-6,18H2,1-3H3,(H,19,25)(H,20,27)(H,21,26)(H,23,24)(H,28,29). The van der Waals surface area contributed by atoms with E-state index in [0.29, 0.717) is 0 Å². The van der Waals surface area contributed by atoms with Crippen molar-refractivity contribution in [3.05, 3.63) is 0 Å². The second kappa shape index (κ2) is 13.0. The first-order chi connectivity index (χ1) is 13.8. The van der Waals surface area contributed by atoms with Crippen molar-refractivity contribution < 1.29 is 39.3 Å². The number of rotatable bonds is 13. The van der Waals surface area contributed by atoms with Crippen molar-refractivity contribution in [1.29, 1.82) is 0 Å². The molecule has 0 saturated carbocycles. The van der Waals surface area contributed by atoms with Gasteiger partial charge in [-0.3, -0.25) is 19.2 Å². The average molecular weight is 451 g/mol. The number of aliphatic hydroxyl groups excluding tert-OH is 1. The molecule has 5 unspecified atom stereocenters. The highest BCUT2D eigenvalue weighted by molar-refractivity contribution is 7.80. The number of carbonyl (C=O) groups is 5. The Bertz CT molecular complexity index is 643. The van der Waals surface area contributed by atoms with E-state index in [0.717, 1.165) is 0 Å². The Labute approximate surface area is 179 Å². The van der Waals surface area contributed by atoms with Crippen LogP contribution in [0.1, 0.15) is 33.6 Å². The minimum absolute atomic E-state index is 0.0286. The van der Waals surface area contributed by atoms with Crippen molar-refractivity contribution in [2.24, 2.45) is 11.7 Å². The minimum atomic E-state index is -1.76. The topological polar surface area (TPSA) is 208 Å². The molecule has 0 aliphatic heterocycles. The molecule has 0 saturated heterocycles. The molecule has 12 nitrogen and oxygen atoms in total. The molecule has 3 amide bonds. The molecule has 0 fully saturated rings. The summed E-state index contributed by atoms with van der Waals surface area (Å²) in [5.74, 6) is -5.55. The number of carboxylic acids is 2. The van der Waals surface area contributed by atoms with Gasteiger partial charge in [0.05, 0.1) is 18.6 Å². The Balaban J connectivity index is 5.40. The molecule has 0 radical (unpaired) electrons. The summed E-state index contributed by atoms with van der Waals surface area (Å²) in [6, 6.07) is -5.38. The van der Waals surface area contributed by atoms with Gasteiger partial charge < -0.3 is 37.0 Å². The van der Waals surface area contributed by atoms with Crippen LogP contribution in [0.15, 0.2) is 0 Å². The maximum atomic E-state index is 12.7. The van der Waals surface area contributed by atoms with Crippen LogP contribution in [0.2, 0.25) is 0 Å². The number of aliphatic hydroxyl groups is 1. The summed E-state index contributed by atoms with van der Waals surface area (Å²) in [7, 11) is 0. The lowest BCUT2D eigenvalue weighted by atomic mass is 10.0. The van der Waals surface area contributed by atoms with Crippen LogP contribution >= 0.6 is 12.6 Å². The van der Waals surface area contributed by atoms with E-state index < -0.39 is 66.4 Å². The first-order valence-electron chi connectivity index (χ1n) is 9.20. The Hall–Kier alpha value is -2.38. The number of aliphatic carboxylic acids is 2. The van der Waals surface area contributed by atoms with Crippen LogP contribution < -0.4 is 21.7 Å². The number of nitrogens with one attached hydrogen (secondary N) is 3. The third-order valence-corrected chi connectivity index (χ3v) is 4.32. The van der Waals surface area contributed by atoms with Gasteiger partial charge in [0, 0.05) is 5.75 Å². The Morgan fingerprint density at radius 2 is 1.43 bits per heavy atom. The molecule has 0 spiro atoms. The zero-order valence-corrected chi connectivity index (χ0v) is 17.9. The number of carbonyl (C=O) groups excluding carboxylic acids is 3. The summed E-state index contributed by atoms with van der Waals surface area (Å²) in [6.07, 6.45) is -2.14. The smallest absolute Gasteiger partial charge is 0.326 e. The lowest BCUT2D eigenvalue weighted by Gasteiger charge is -2.27. The molecule has 5 atom stereocenters. The summed E-state index contributed by atoms with van der Waals surface area (Å²) in [5.41, 5.74) is 5.59. The fraction of sp³-hybridized carbons (Fsp3) is 0.706. The van der Waals surface area contributed by atoms with E-state index in [1.54, 1.807) is 13.8 Å². The first kappa shape index (κ1) is 27.6. The van der Waals surface area contributed by atoms with Gasteiger partial charge in [0.25, 0.3) is 0 Å². The summed E-state index contributed by atoms with van der Waals surface area (Å²) >= 11 is 3.92. The van der Waals surface area contributed by atoms with Gasteiger partial charge in [-0.15, -0.1) is 0 Å². The van der Waals surface area contributed by atoms with E-state index in [1.807, 2.05) is 5.32 Å². The SMILES string of the molecule is CC(C)CC(NC(=O)C(N)CS)C(=O)NC(C(=O)NC(CC(=O)O)C(=O)O)C(C)O. The van der Waals surface area contributed by atoms with Crippen molar-refractivity contribution >= 4 is 42.3 Å². The van der Waals surface area contributed by atoms with Crippen molar-refractivity contribution in [2.45, 2.75) is 63.9 Å². The highest BCUT2D eigenvalue weighted by Gasteiger charge is 2.33. The monoisotopic (exact) mass is 450 g/mol. The maximum absolute atomic E-state index is 12.7. The molecule has 0 aromatic carbocycles. The zero-order valence-electron chi connectivity index (χ0n) is 17.0. The molecule has 0 aromatic heterocycles. The Kier molecular flexibility index (Phi) is 12.0. The maximum Gasteiger partial charge on any atom is 0.326 e. The number of thiol groups is 1. The summed E-state index contributed by atoms with van der Waals surface area (Å²) in [5, 5.41) is 34.4. The summed E-state index contributed by atoms with van der Waals surface area (Å²) in [4.78, 5) is 59.0. The quantitative estimate of drug-likeness (QED) is 0.141. The molecular weight excluding hydrogens is 420 g/mol. The lowest BCUT2D eigenvalue weighted by Crippen LogP contribution is -2.60. The third kappa shape index (κ3) is 9.89. The molecular formula is C17H30N4O8S. The van der Waals surface area contributed by atoms with E-state index in [2.05, 4.69) is 23.3 Å². The van der Waals surface area contributed by atoms with Gasteiger partial charge in [0.2, 0.25) is 17.7 Å². The highest BCUT2D eigenvalue weighted by Crippen LogP contribution is 2.07. The van der Waals surface area contributed by atoms with Crippen LogP contribution in [0.3, 0.4) is 0 Å². The predicted molar refractivity (Wildman–Crippen MR) is 109 cm³/mol. The third-order valence-electron chi connectivity index (χ3n) is 3.93. The van der Waals surface area contributed by atoms with Crippen molar-refractivity contribution in [3.8, 4) is 0 Å². The fourth-order valence-corrected chi connectivity index (χ4v) is 2.53. The molecule has 0 aromatic rings. The van der Waals surface area contributed by atoms with Crippen molar-refractivity contribution in [1.82, 2.24) is 16.0 Å². The van der Waals surface area contributed by atoms with Gasteiger partial charge in [-0.25, -0.2) is 4.79 Å². The van der Waals surface area contributed by atoms with E-state index in [1.165, 1.54) is 6.92 Å². The number of hydrogen-bond acceptors (Lipinski definition) is 8.